The zero-order valence-corrected chi connectivity index (χ0v) is 15.1. The Balaban J connectivity index is 1.77. The Bertz CT molecular complexity index is 770. The summed E-state index contributed by atoms with van der Waals surface area (Å²) in [6.45, 7) is 5.34. The monoisotopic (exact) mass is 362 g/mol. The van der Waals surface area contributed by atoms with Crippen molar-refractivity contribution >= 4 is 34.3 Å². The molecule has 1 aliphatic rings. The van der Waals surface area contributed by atoms with E-state index in [1.54, 1.807) is 24.4 Å². The van der Waals surface area contributed by atoms with Crippen LogP contribution in [0.25, 0.3) is 0 Å². The molecule has 0 unspecified atom stereocenters. The summed E-state index contributed by atoms with van der Waals surface area (Å²) in [7, 11) is 2.17. The number of benzene rings is 1. The number of likely N-dealkylation sites (N-methyl/N-ethyl adjacent to an activating group) is 1. The van der Waals surface area contributed by atoms with Crippen molar-refractivity contribution in [1.82, 2.24) is 9.99 Å². The number of rotatable bonds is 4. The summed E-state index contributed by atoms with van der Waals surface area (Å²) in [4.78, 5) is 19.2. The molecule has 1 fully saturated rings. The van der Waals surface area contributed by atoms with E-state index in [0.29, 0.717) is 10.8 Å². The first-order valence-corrected chi connectivity index (χ1v) is 9.03. The van der Waals surface area contributed by atoms with Crippen molar-refractivity contribution in [2.45, 2.75) is 6.92 Å². The van der Waals surface area contributed by atoms with Crippen LogP contribution in [-0.2, 0) is 4.79 Å². The van der Waals surface area contributed by atoms with E-state index in [1.165, 1.54) is 34.1 Å². The average Bonchev–Trinajstić information content (AvgIpc) is 3.04. The third kappa shape index (κ3) is 4.21. The van der Waals surface area contributed by atoms with Crippen molar-refractivity contribution in [2.75, 3.05) is 38.1 Å². The molecule has 25 heavy (non-hydrogen) atoms. The van der Waals surface area contributed by atoms with E-state index in [-0.39, 0.29) is 11.6 Å². The van der Waals surface area contributed by atoms with Gasteiger partial charge in [-0.1, -0.05) is 12.1 Å². The molecule has 1 aliphatic heterocycles. The molecular weight excluding hydrogens is 341 g/mol. The molecule has 8 heteroatoms. The maximum atomic E-state index is 14.1. The van der Waals surface area contributed by atoms with Crippen LogP contribution in [0.15, 0.2) is 34.7 Å². The van der Waals surface area contributed by atoms with Gasteiger partial charge >= 0.3 is 0 Å². The fraction of sp³-hybridized carbons (Fsp3) is 0.353. The summed E-state index contributed by atoms with van der Waals surface area (Å²) in [5, 5.41) is 8.73. The Morgan fingerprint density at radius 3 is 2.80 bits per heavy atom. The molecule has 0 radical (unpaired) electrons. The van der Waals surface area contributed by atoms with E-state index in [0.717, 1.165) is 26.2 Å². The lowest BCUT2D eigenvalue weighted by atomic mass is 10.3. The molecule has 1 saturated heterocycles. The number of hydrogen-bond acceptors (Lipinski definition) is 5. The highest BCUT2D eigenvalue weighted by Crippen LogP contribution is 2.30. The number of halogens is 1. The van der Waals surface area contributed by atoms with E-state index < -0.39 is 5.82 Å². The van der Waals surface area contributed by atoms with Gasteiger partial charge in [0.05, 0.1) is 50.8 Å². The third-order valence-electron chi connectivity index (χ3n) is 4.06. The van der Waals surface area contributed by atoms with Gasteiger partial charge < -0.3 is 4.90 Å². The highest BCUT2D eigenvalue weighted by molar-refractivity contribution is 7.14. The summed E-state index contributed by atoms with van der Waals surface area (Å²) < 4.78 is 14.1. The first-order chi connectivity index (χ1) is 12.0. The lowest BCUT2D eigenvalue weighted by Crippen LogP contribution is -3.11. The van der Waals surface area contributed by atoms with Gasteiger partial charge in [-0.3, -0.25) is 14.7 Å². The Morgan fingerprint density at radius 2 is 2.12 bits per heavy atom. The molecule has 0 bridgehead atoms. The first-order valence-electron chi connectivity index (χ1n) is 8.15. The van der Waals surface area contributed by atoms with Crippen LogP contribution in [-0.4, -0.2) is 55.3 Å². The van der Waals surface area contributed by atoms with Gasteiger partial charge in [0.15, 0.2) is 5.13 Å². The number of amides is 1. The average molecular weight is 362 g/mol. The van der Waals surface area contributed by atoms with E-state index in [9.17, 15) is 9.18 Å². The van der Waals surface area contributed by atoms with Crippen LogP contribution in [0.5, 0.6) is 0 Å². The van der Waals surface area contributed by atoms with E-state index >= 15 is 0 Å². The van der Waals surface area contributed by atoms with Gasteiger partial charge in [-0.15, -0.1) is 11.3 Å². The number of hydrazone groups is 1. The minimum Gasteiger partial charge on any atom is -0.334 e. The number of carbonyl (C=O) groups is 1. The Morgan fingerprint density at radius 1 is 1.40 bits per heavy atom. The predicted molar refractivity (Wildman–Crippen MR) is 97.1 cm³/mol. The van der Waals surface area contributed by atoms with E-state index in [2.05, 4.69) is 17.1 Å². The molecule has 0 saturated carbocycles. The quantitative estimate of drug-likeness (QED) is 0.830. The molecular formula is C17H21FN5OS+. The molecule has 0 spiro atoms. The second-order valence-electron chi connectivity index (χ2n) is 6.02. The van der Waals surface area contributed by atoms with Crippen molar-refractivity contribution < 1.29 is 14.1 Å². The zero-order chi connectivity index (χ0) is 17.8. The van der Waals surface area contributed by atoms with Crippen LogP contribution in [0.4, 0.5) is 15.2 Å². The van der Waals surface area contributed by atoms with Crippen molar-refractivity contribution in [2.24, 2.45) is 5.10 Å². The Hall–Kier alpha value is -2.32. The van der Waals surface area contributed by atoms with Crippen molar-refractivity contribution in [3.8, 4) is 0 Å². The van der Waals surface area contributed by atoms with Crippen LogP contribution in [0.3, 0.4) is 0 Å². The minimum atomic E-state index is -0.456. The number of carbonyl (C=O) groups excluding carboxylic acids is 1. The fourth-order valence-corrected chi connectivity index (χ4v) is 3.44. The standard InChI is InChI=1S/C17H20FN5OS/c1-13(24)23(16-6-4-3-5-15(16)18)17-20-14(12-25-17)11-19-22-9-7-21(2)8-10-22/h3-6,11-12H,7-10H2,1-2H3/p+1/b19-11-. The first kappa shape index (κ1) is 17.5. The number of nitrogens with one attached hydrogen (secondary N) is 1. The SMILES string of the molecule is CC(=O)N(c1nc(/C=N\N2CC[NH+](C)CC2)cs1)c1ccccc1F. The molecule has 3 rings (SSSR count). The zero-order valence-electron chi connectivity index (χ0n) is 14.3. The van der Waals surface area contributed by atoms with Crippen LogP contribution < -0.4 is 9.80 Å². The van der Waals surface area contributed by atoms with Crippen LogP contribution >= 0.6 is 11.3 Å². The lowest BCUT2D eigenvalue weighted by Gasteiger charge is -2.27. The Kier molecular flexibility index (Phi) is 5.40. The molecule has 6 nitrogen and oxygen atoms in total. The maximum absolute atomic E-state index is 14.1. The number of para-hydroxylation sites is 1. The smallest absolute Gasteiger partial charge is 0.230 e. The molecule has 1 aromatic carbocycles. The topological polar surface area (TPSA) is 53.2 Å². The lowest BCUT2D eigenvalue weighted by molar-refractivity contribution is -0.884. The van der Waals surface area contributed by atoms with Crippen molar-refractivity contribution in [3.05, 3.63) is 41.2 Å². The van der Waals surface area contributed by atoms with Gasteiger partial charge in [0.2, 0.25) is 5.91 Å². The maximum Gasteiger partial charge on any atom is 0.230 e. The predicted octanol–water partition coefficient (Wildman–Crippen LogP) is 1.13. The molecule has 1 aromatic heterocycles. The number of thiazole rings is 1. The van der Waals surface area contributed by atoms with Gasteiger partial charge in [-0.05, 0) is 12.1 Å². The number of piperazine rings is 1. The summed E-state index contributed by atoms with van der Waals surface area (Å²) >= 11 is 1.29. The molecule has 0 aliphatic carbocycles. The second-order valence-corrected chi connectivity index (χ2v) is 6.85. The van der Waals surface area contributed by atoms with Crippen LogP contribution in [0.1, 0.15) is 12.6 Å². The van der Waals surface area contributed by atoms with E-state index in [1.807, 2.05) is 10.4 Å². The largest absolute Gasteiger partial charge is 0.334 e. The van der Waals surface area contributed by atoms with Gasteiger partial charge in [-0.2, -0.15) is 5.10 Å². The highest BCUT2D eigenvalue weighted by Gasteiger charge is 2.20. The van der Waals surface area contributed by atoms with Gasteiger partial charge in [-0.25, -0.2) is 9.37 Å². The normalized spacial score (nSPS) is 15.7. The van der Waals surface area contributed by atoms with E-state index in [4.69, 9.17) is 0 Å². The minimum absolute atomic E-state index is 0.204. The summed E-state index contributed by atoms with van der Waals surface area (Å²) in [6, 6.07) is 6.18. The molecule has 1 amide bonds. The van der Waals surface area contributed by atoms with Gasteiger partial charge in [0.1, 0.15) is 5.82 Å². The fourth-order valence-electron chi connectivity index (χ4n) is 2.61. The van der Waals surface area contributed by atoms with Gasteiger partial charge in [0, 0.05) is 12.3 Å². The van der Waals surface area contributed by atoms with Gasteiger partial charge in [0.25, 0.3) is 0 Å². The van der Waals surface area contributed by atoms with Crippen molar-refractivity contribution in [1.29, 1.82) is 0 Å². The van der Waals surface area contributed by atoms with Crippen LogP contribution in [0, 0.1) is 5.82 Å². The number of anilines is 2. The Labute approximate surface area is 150 Å². The number of hydrogen-bond donors (Lipinski definition) is 1. The number of nitrogens with zero attached hydrogens (tertiary/aromatic N) is 4. The van der Waals surface area contributed by atoms with Crippen molar-refractivity contribution in [3.63, 3.8) is 0 Å². The molecule has 1 N–H and O–H groups in total. The number of aromatic nitrogens is 1. The summed E-state index contributed by atoms with van der Waals surface area (Å²) in [6.07, 6.45) is 1.69. The third-order valence-corrected chi connectivity index (χ3v) is 4.90. The highest BCUT2D eigenvalue weighted by atomic mass is 32.1. The molecule has 132 valence electrons. The number of quaternary nitrogens is 1. The summed E-state index contributed by atoms with van der Waals surface area (Å²) in [5.41, 5.74) is 0.865. The molecule has 2 heterocycles. The van der Waals surface area contributed by atoms with Crippen LogP contribution in [0.2, 0.25) is 0 Å². The second kappa shape index (κ2) is 7.71. The summed E-state index contributed by atoms with van der Waals surface area (Å²) in [5.74, 6) is -0.743. The molecule has 2 aromatic rings. The molecule has 0 atom stereocenters.